The number of amides is 4. The van der Waals surface area contributed by atoms with Gasteiger partial charge in [-0.1, -0.05) is 12.1 Å². The molecule has 0 unspecified atom stereocenters. The SMILES string of the molecule is C#CCCN1C(=O)c2ccccc2C1=O.CC(=O)NC[C@H]1CN(c2ccc(N3CCc4ccncc4C3)c(F)c2)C(=O)O1. The van der Waals surface area contributed by atoms with Crippen molar-refractivity contribution in [2.75, 3.05) is 36.0 Å². The second-order valence-corrected chi connectivity index (χ2v) is 10.3. The molecule has 4 heterocycles. The Morgan fingerprint density at radius 1 is 1.12 bits per heavy atom. The van der Waals surface area contributed by atoms with Crippen LogP contribution in [0.2, 0.25) is 0 Å². The third-order valence-corrected chi connectivity index (χ3v) is 7.41. The smallest absolute Gasteiger partial charge is 0.414 e. The van der Waals surface area contributed by atoms with Crippen molar-refractivity contribution in [1.29, 1.82) is 0 Å². The number of aromatic nitrogens is 1. The number of fused-ring (bicyclic) bond motifs is 2. The molecule has 3 aliphatic heterocycles. The second kappa shape index (κ2) is 12.7. The maximum Gasteiger partial charge on any atom is 0.414 e. The third-order valence-electron chi connectivity index (χ3n) is 7.41. The van der Waals surface area contributed by atoms with Crippen LogP contribution in [0.15, 0.2) is 60.9 Å². The Labute approximate surface area is 248 Å². The summed E-state index contributed by atoms with van der Waals surface area (Å²) in [5.74, 6) is 1.35. The first-order valence-electron chi connectivity index (χ1n) is 13.8. The summed E-state index contributed by atoms with van der Waals surface area (Å²) >= 11 is 0. The van der Waals surface area contributed by atoms with E-state index in [0.29, 0.717) is 42.0 Å². The van der Waals surface area contributed by atoms with Gasteiger partial charge in [0.05, 0.1) is 35.6 Å². The van der Waals surface area contributed by atoms with Crippen LogP contribution in [0.4, 0.5) is 20.6 Å². The number of nitrogens with one attached hydrogen (secondary N) is 1. The Morgan fingerprint density at radius 2 is 1.86 bits per heavy atom. The quantitative estimate of drug-likeness (QED) is 0.349. The highest BCUT2D eigenvalue weighted by Gasteiger charge is 2.35. The van der Waals surface area contributed by atoms with E-state index >= 15 is 0 Å². The highest BCUT2D eigenvalue weighted by molar-refractivity contribution is 6.21. The molecular weight excluding hydrogens is 553 g/mol. The highest BCUT2D eigenvalue weighted by Crippen LogP contribution is 2.31. The lowest BCUT2D eigenvalue weighted by atomic mass is 10.0. The summed E-state index contributed by atoms with van der Waals surface area (Å²) in [5, 5.41) is 2.62. The lowest BCUT2D eigenvalue weighted by Crippen LogP contribution is -2.33. The zero-order valence-electron chi connectivity index (χ0n) is 23.6. The van der Waals surface area contributed by atoms with E-state index in [1.165, 1.54) is 28.4 Å². The van der Waals surface area contributed by atoms with E-state index in [9.17, 15) is 23.6 Å². The molecule has 0 spiro atoms. The van der Waals surface area contributed by atoms with Gasteiger partial charge in [-0.25, -0.2) is 9.18 Å². The summed E-state index contributed by atoms with van der Waals surface area (Å²) in [5.41, 5.74) is 4.23. The Balaban J connectivity index is 0.000000207. The Morgan fingerprint density at radius 3 is 2.53 bits per heavy atom. The predicted molar refractivity (Wildman–Crippen MR) is 157 cm³/mol. The van der Waals surface area contributed by atoms with Gasteiger partial charge in [-0.2, -0.15) is 0 Å². The predicted octanol–water partition coefficient (Wildman–Crippen LogP) is 3.55. The number of halogens is 1. The zero-order valence-corrected chi connectivity index (χ0v) is 23.6. The van der Waals surface area contributed by atoms with Crippen molar-refractivity contribution >= 4 is 35.2 Å². The number of cyclic esters (lactones) is 1. The molecule has 1 saturated heterocycles. The molecule has 11 heteroatoms. The molecular formula is C32H30FN5O5. The molecule has 0 radical (unpaired) electrons. The summed E-state index contributed by atoms with van der Waals surface area (Å²) in [6.07, 6.45) is 8.94. The summed E-state index contributed by atoms with van der Waals surface area (Å²) < 4.78 is 20.1. The van der Waals surface area contributed by atoms with Crippen LogP contribution in [-0.2, 0) is 22.5 Å². The van der Waals surface area contributed by atoms with Crippen molar-refractivity contribution in [3.8, 4) is 12.3 Å². The Bertz CT molecular complexity index is 1580. The van der Waals surface area contributed by atoms with Crippen LogP contribution in [0.5, 0.6) is 0 Å². The largest absolute Gasteiger partial charge is 0.442 e. The first-order chi connectivity index (χ1) is 20.8. The molecule has 1 N–H and O–H groups in total. The molecule has 10 nitrogen and oxygen atoms in total. The first kappa shape index (κ1) is 29.3. The number of benzene rings is 2. The van der Waals surface area contributed by atoms with Crippen molar-refractivity contribution in [1.82, 2.24) is 15.2 Å². The topological polar surface area (TPSA) is 112 Å². The summed E-state index contributed by atoms with van der Waals surface area (Å²) in [6.45, 7) is 3.52. The number of ether oxygens (including phenoxy) is 1. The van der Waals surface area contributed by atoms with Gasteiger partial charge in [0, 0.05) is 45.4 Å². The van der Waals surface area contributed by atoms with Gasteiger partial charge < -0.3 is 15.0 Å². The van der Waals surface area contributed by atoms with Gasteiger partial charge in [-0.3, -0.25) is 29.2 Å². The third kappa shape index (κ3) is 6.33. The van der Waals surface area contributed by atoms with Gasteiger partial charge in [-0.15, -0.1) is 12.3 Å². The van der Waals surface area contributed by atoms with Crippen molar-refractivity contribution in [3.05, 3.63) is 89.0 Å². The maximum atomic E-state index is 14.8. The second-order valence-electron chi connectivity index (χ2n) is 10.3. The van der Waals surface area contributed by atoms with Crippen molar-refractivity contribution in [2.24, 2.45) is 0 Å². The van der Waals surface area contributed by atoms with E-state index in [4.69, 9.17) is 11.2 Å². The average Bonchev–Trinajstić information content (AvgIpc) is 3.51. The van der Waals surface area contributed by atoms with Crippen LogP contribution < -0.4 is 15.1 Å². The molecule has 3 aromatic rings. The van der Waals surface area contributed by atoms with Crippen LogP contribution in [-0.4, -0.2) is 66.0 Å². The highest BCUT2D eigenvalue weighted by atomic mass is 19.1. The van der Waals surface area contributed by atoms with Crippen LogP contribution in [0.25, 0.3) is 0 Å². The first-order valence-corrected chi connectivity index (χ1v) is 13.8. The van der Waals surface area contributed by atoms with Crippen LogP contribution in [0.1, 0.15) is 45.2 Å². The fourth-order valence-corrected chi connectivity index (χ4v) is 5.22. The van der Waals surface area contributed by atoms with Gasteiger partial charge in [0.15, 0.2) is 0 Å². The maximum absolute atomic E-state index is 14.8. The number of imide groups is 1. The normalized spacial score (nSPS) is 17.0. The fraction of sp³-hybridized carbons (Fsp3) is 0.281. The number of rotatable bonds is 6. The number of nitrogens with zero attached hydrogens (tertiary/aromatic N) is 4. The minimum atomic E-state index is -0.541. The molecule has 0 bridgehead atoms. The van der Waals surface area contributed by atoms with Gasteiger partial charge in [-0.05, 0) is 53.9 Å². The number of hydrogen-bond donors (Lipinski definition) is 1. The van der Waals surface area contributed by atoms with E-state index in [1.54, 1.807) is 42.6 Å². The molecule has 4 amide bonds. The lowest BCUT2D eigenvalue weighted by molar-refractivity contribution is -0.119. The number of carbonyl (C=O) groups excluding carboxylic acids is 4. The van der Waals surface area contributed by atoms with Crippen molar-refractivity contribution < 1.29 is 28.3 Å². The van der Waals surface area contributed by atoms with E-state index in [-0.39, 0.29) is 36.6 Å². The molecule has 43 heavy (non-hydrogen) atoms. The number of hydrogen-bond acceptors (Lipinski definition) is 7. The number of anilines is 2. The number of terminal acetylenes is 1. The zero-order chi connectivity index (χ0) is 30.5. The molecule has 1 aromatic heterocycles. The minimum Gasteiger partial charge on any atom is -0.442 e. The summed E-state index contributed by atoms with van der Waals surface area (Å²) in [6, 6.07) is 13.6. The Hall–Kier alpha value is -5.24. The average molecular weight is 584 g/mol. The van der Waals surface area contributed by atoms with E-state index in [0.717, 1.165) is 18.5 Å². The molecule has 220 valence electrons. The van der Waals surface area contributed by atoms with Crippen molar-refractivity contribution in [2.45, 2.75) is 32.4 Å². The molecule has 6 rings (SSSR count). The van der Waals surface area contributed by atoms with Crippen LogP contribution in [0.3, 0.4) is 0 Å². The number of carbonyl (C=O) groups is 4. The van der Waals surface area contributed by atoms with E-state index < -0.39 is 12.2 Å². The van der Waals surface area contributed by atoms with Crippen LogP contribution >= 0.6 is 0 Å². The van der Waals surface area contributed by atoms with Gasteiger partial charge in [0.1, 0.15) is 11.9 Å². The van der Waals surface area contributed by atoms with Gasteiger partial charge in [0.25, 0.3) is 11.8 Å². The van der Waals surface area contributed by atoms with Crippen LogP contribution in [0, 0.1) is 18.2 Å². The number of pyridine rings is 1. The molecule has 1 fully saturated rings. The standard InChI is InChI=1S/C20H21FN4O3.C12H9NO2/c1-13(26)23-10-17-12-25(20(27)28-17)16-2-3-19(18(21)8-16)24-7-5-14-4-6-22-9-15(14)11-24;1-2-3-8-13-11(14)9-6-4-5-7-10(9)12(13)15/h2-4,6,8-9,17H,5,7,10-12H2,1H3,(H,23,26);1,4-7H,3,8H2/t17-;/m0./s1. The fourth-order valence-electron chi connectivity index (χ4n) is 5.22. The van der Waals surface area contributed by atoms with Gasteiger partial charge >= 0.3 is 6.09 Å². The molecule has 3 aliphatic rings. The molecule has 0 aliphatic carbocycles. The minimum absolute atomic E-state index is 0.191. The monoisotopic (exact) mass is 583 g/mol. The lowest BCUT2D eigenvalue weighted by Gasteiger charge is -2.31. The Kier molecular flexibility index (Phi) is 8.66. The van der Waals surface area contributed by atoms with E-state index in [1.807, 2.05) is 17.2 Å². The van der Waals surface area contributed by atoms with E-state index in [2.05, 4.69) is 16.2 Å². The van der Waals surface area contributed by atoms with Crippen molar-refractivity contribution in [3.63, 3.8) is 0 Å². The summed E-state index contributed by atoms with van der Waals surface area (Å²) in [4.78, 5) is 55.3. The molecule has 0 saturated carbocycles. The molecule has 2 aromatic carbocycles. The summed E-state index contributed by atoms with van der Waals surface area (Å²) in [7, 11) is 0. The molecule has 1 atom stereocenters. The van der Waals surface area contributed by atoms with Gasteiger partial charge in [0.2, 0.25) is 5.91 Å².